The van der Waals surface area contributed by atoms with Gasteiger partial charge in [-0.1, -0.05) is 0 Å². The Morgan fingerprint density at radius 2 is 1.85 bits per heavy atom. The number of nitrogens with zero attached hydrogens (tertiary/aromatic N) is 2. The quantitative estimate of drug-likeness (QED) is 0.553. The monoisotopic (exact) mass is 370 g/mol. The summed E-state index contributed by atoms with van der Waals surface area (Å²) in [6, 6.07) is 5.01. The van der Waals surface area contributed by atoms with E-state index in [1.165, 1.54) is 23.9 Å². The molecule has 0 aliphatic rings. The van der Waals surface area contributed by atoms with Crippen molar-refractivity contribution < 1.29 is 15.0 Å². The Morgan fingerprint density at radius 1 is 1.15 bits per heavy atom. The van der Waals surface area contributed by atoms with E-state index in [4.69, 9.17) is 0 Å². The molecular weight excluding hydrogens is 356 g/mol. The van der Waals surface area contributed by atoms with Crippen LogP contribution in [0, 0.1) is 0 Å². The van der Waals surface area contributed by atoms with Gasteiger partial charge in [-0.2, -0.15) is 11.8 Å². The SMILES string of the molecule is CSCC[C@H](C(=O)O)n1c(O)c2ccc3nc(=O)c4ccc(c1=O)c2c34. The summed E-state index contributed by atoms with van der Waals surface area (Å²) >= 11 is 1.46. The van der Waals surface area contributed by atoms with E-state index < -0.39 is 23.5 Å². The summed E-state index contributed by atoms with van der Waals surface area (Å²) in [5.41, 5.74) is -0.523. The number of thioether (sulfide) groups is 1. The number of pyridine rings is 1. The molecular formula is C18H14N2O5S. The van der Waals surface area contributed by atoms with Crippen molar-refractivity contribution >= 4 is 50.2 Å². The fraction of sp³-hybridized carbons (Fsp3) is 0.222. The van der Waals surface area contributed by atoms with Gasteiger partial charge in [-0.3, -0.25) is 14.2 Å². The predicted molar refractivity (Wildman–Crippen MR) is 101 cm³/mol. The van der Waals surface area contributed by atoms with Crippen LogP contribution >= 0.6 is 11.8 Å². The molecule has 0 saturated heterocycles. The highest BCUT2D eigenvalue weighted by Crippen LogP contribution is 2.36. The van der Waals surface area contributed by atoms with Gasteiger partial charge in [0.25, 0.3) is 11.1 Å². The summed E-state index contributed by atoms with van der Waals surface area (Å²) in [6.45, 7) is 0. The second-order valence-corrected chi connectivity index (χ2v) is 7.08. The first-order valence-electron chi connectivity index (χ1n) is 7.93. The number of benzene rings is 2. The molecule has 1 atom stereocenters. The Bertz CT molecular complexity index is 1270. The Hall–Kier alpha value is -2.87. The molecule has 8 heteroatoms. The molecule has 4 aromatic rings. The summed E-state index contributed by atoms with van der Waals surface area (Å²) in [6.07, 6.45) is 2.05. The van der Waals surface area contributed by atoms with Crippen LogP contribution in [0.4, 0.5) is 0 Å². The number of carboxylic acids is 1. The van der Waals surface area contributed by atoms with E-state index >= 15 is 0 Å². The number of carbonyl (C=O) groups is 1. The van der Waals surface area contributed by atoms with E-state index in [9.17, 15) is 24.6 Å². The number of hydrogen-bond donors (Lipinski definition) is 2. The van der Waals surface area contributed by atoms with Gasteiger partial charge >= 0.3 is 5.97 Å². The molecule has 7 nitrogen and oxygen atoms in total. The van der Waals surface area contributed by atoms with Gasteiger partial charge in [0.2, 0.25) is 5.88 Å². The van der Waals surface area contributed by atoms with E-state index in [1.807, 2.05) is 6.26 Å². The van der Waals surface area contributed by atoms with Crippen molar-refractivity contribution in [3.63, 3.8) is 0 Å². The van der Waals surface area contributed by atoms with Crippen LogP contribution in [0.5, 0.6) is 5.88 Å². The molecule has 132 valence electrons. The molecule has 2 aromatic carbocycles. The second kappa shape index (κ2) is 5.84. The number of aromatic hydroxyl groups is 1. The van der Waals surface area contributed by atoms with Gasteiger partial charge < -0.3 is 10.2 Å². The highest BCUT2D eigenvalue weighted by molar-refractivity contribution is 7.98. The predicted octanol–water partition coefficient (Wildman–Crippen LogP) is 2.02. The average Bonchev–Trinajstić information content (AvgIpc) is 2.94. The number of hydrogen-bond acceptors (Lipinski definition) is 6. The first-order valence-corrected chi connectivity index (χ1v) is 9.32. The van der Waals surface area contributed by atoms with E-state index in [2.05, 4.69) is 4.98 Å². The van der Waals surface area contributed by atoms with E-state index in [1.54, 1.807) is 12.1 Å². The third-order valence-corrected chi connectivity index (χ3v) is 5.35. The Morgan fingerprint density at radius 3 is 2.54 bits per heavy atom. The minimum absolute atomic E-state index is 0.203. The van der Waals surface area contributed by atoms with Crippen LogP contribution in [-0.4, -0.2) is 37.7 Å². The molecule has 0 saturated carbocycles. The topological polar surface area (TPSA) is 109 Å². The van der Waals surface area contributed by atoms with Crippen LogP contribution in [-0.2, 0) is 4.79 Å². The summed E-state index contributed by atoms with van der Waals surface area (Å²) in [4.78, 5) is 40.7. The zero-order valence-corrected chi connectivity index (χ0v) is 14.5. The first kappa shape index (κ1) is 16.6. The Labute approximate surface area is 150 Å². The maximum absolute atomic E-state index is 13.0. The molecule has 0 fully saturated rings. The highest BCUT2D eigenvalue weighted by atomic mass is 32.2. The van der Waals surface area contributed by atoms with Crippen LogP contribution < -0.4 is 11.1 Å². The Kier molecular flexibility index (Phi) is 3.73. The van der Waals surface area contributed by atoms with Crippen molar-refractivity contribution in [3.05, 3.63) is 45.0 Å². The molecule has 26 heavy (non-hydrogen) atoms. The summed E-state index contributed by atoms with van der Waals surface area (Å²) in [7, 11) is 0. The lowest BCUT2D eigenvalue weighted by Gasteiger charge is -2.19. The third kappa shape index (κ3) is 2.15. The van der Waals surface area contributed by atoms with Gasteiger partial charge in [-0.05, 0) is 42.7 Å². The highest BCUT2D eigenvalue weighted by Gasteiger charge is 2.27. The fourth-order valence-corrected chi connectivity index (χ4v) is 3.98. The van der Waals surface area contributed by atoms with Gasteiger partial charge in [0, 0.05) is 21.5 Å². The van der Waals surface area contributed by atoms with Crippen molar-refractivity contribution in [2.75, 3.05) is 12.0 Å². The molecule has 0 bridgehead atoms. The van der Waals surface area contributed by atoms with Crippen LogP contribution in [0.15, 0.2) is 33.9 Å². The number of carboxylic acid groups (broad SMARTS) is 1. The zero-order valence-electron chi connectivity index (χ0n) is 13.7. The number of rotatable bonds is 5. The maximum atomic E-state index is 13.0. The molecule has 0 aliphatic carbocycles. The second-order valence-electron chi connectivity index (χ2n) is 6.09. The normalized spacial score (nSPS) is 13.1. The van der Waals surface area contributed by atoms with E-state index in [0.29, 0.717) is 32.8 Å². The van der Waals surface area contributed by atoms with Crippen molar-refractivity contribution in [3.8, 4) is 5.88 Å². The van der Waals surface area contributed by atoms with Gasteiger partial charge in [0.1, 0.15) is 6.04 Å². The molecule has 4 rings (SSSR count). The van der Waals surface area contributed by atoms with Crippen molar-refractivity contribution in [2.45, 2.75) is 12.5 Å². The minimum atomic E-state index is -1.18. The standard InChI is InChI=1S/C18H14N2O5S/c1-26-7-6-12(18(24)25)20-16(22)9-3-2-8-14-11(19-15(8)21)5-4-10(13(9)14)17(20)23/h2-5,12,23H,6-7H2,1H3,(H,24,25)/t12-/m1/s1. The molecule has 0 radical (unpaired) electrons. The smallest absolute Gasteiger partial charge is 0.326 e. The Balaban J connectivity index is 2.15. The number of aromatic nitrogens is 2. The lowest BCUT2D eigenvalue weighted by atomic mass is 9.99. The van der Waals surface area contributed by atoms with Crippen molar-refractivity contribution in [2.24, 2.45) is 0 Å². The summed E-state index contributed by atoms with van der Waals surface area (Å²) in [5.74, 6) is -1.05. The van der Waals surface area contributed by atoms with E-state index in [-0.39, 0.29) is 17.4 Å². The van der Waals surface area contributed by atoms with Crippen molar-refractivity contribution in [1.82, 2.24) is 9.55 Å². The van der Waals surface area contributed by atoms with Crippen molar-refractivity contribution in [1.29, 1.82) is 0 Å². The van der Waals surface area contributed by atoms with Crippen LogP contribution in [0.3, 0.4) is 0 Å². The molecule has 2 heterocycles. The number of aliphatic carboxylic acids is 1. The maximum Gasteiger partial charge on any atom is 0.326 e. The van der Waals surface area contributed by atoms with Gasteiger partial charge in [-0.25, -0.2) is 9.78 Å². The minimum Gasteiger partial charge on any atom is -0.494 e. The van der Waals surface area contributed by atoms with E-state index in [0.717, 1.165) is 4.57 Å². The molecule has 0 aliphatic heterocycles. The molecule has 0 spiro atoms. The largest absolute Gasteiger partial charge is 0.494 e. The molecule has 0 unspecified atom stereocenters. The zero-order chi connectivity index (χ0) is 18.6. The summed E-state index contributed by atoms with van der Waals surface area (Å²) < 4.78 is 0.936. The molecule has 2 aromatic heterocycles. The lowest BCUT2D eigenvalue weighted by Crippen LogP contribution is -2.30. The molecule has 2 N–H and O–H groups in total. The lowest BCUT2D eigenvalue weighted by molar-refractivity contribution is -0.141. The van der Waals surface area contributed by atoms with Gasteiger partial charge in [-0.15, -0.1) is 0 Å². The fourth-order valence-electron chi connectivity index (χ4n) is 3.52. The van der Waals surface area contributed by atoms with Crippen LogP contribution in [0.2, 0.25) is 0 Å². The van der Waals surface area contributed by atoms with Crippen LogP contribution in [0.25, 0.3) is 32.4 Å². The average molecular weight is 370 g/mol. The van der Waals surface area contributed by atoms with Gasteiger partial charge in [0.15, 0.2) is 0 Å². The summed E-state index contributed by atoms with van der Waals surface area (Å²) in [5, 5.41) is 22.3. The first-order chi connectivity index (χ1) is 12.5. The van der Waals surface area contributed by atoms with Crippen LogP contribution in [0.1, 0.15) is 12.5 Å². The molecule has 0 amide bonds. The van der Waals surface area contributed by atoms with Gasteiger partial charge in [0.05, 0.1) is 10.9 Å². The third-order valence-electron chi connectivity index (χ3n) is 4.70.